The summed E-state index contributed by atoms with van der Waals surface area (Å²) in [4.78, 5) is 0. The van der Waals surface area contributed by atoms with Gasteiger partial charge < -0.3 is 5.73 Å². The number of halogens is 2. The Kier molecular flexibility index (Phi) is 3.78. The van der Waals surface area contributed by atoms with Gasteiger partial charge in [0.15, 0.2) is 0 Å². The Balaban J connectivity index is 2.07. The van der Waals surface area contributed by atoms with E-state index in [0.29, 0.717) is 27.9 Å². The summed E-state index contributed by atoms with van der Waals surface area (Å²) in [6, 6.07) is 6.28. The van der Waals surface area contributed by atoms with Crippen molar-refractivity contribution in [2.24, 2.45) is 17.6 Å². The van der Waals surface area contributed by atoms with E-state index in [0.717, 1.165) is 12.8 Å². The zero-order valence-corrected chi connectivity index (χ0v) is 10.9. The highest BCUT2D eigenvalue weighted by atomic mass is 35.5. The van der Waals surface area contributed by atoms with E-state index in [1.54, 1.807) is 0 Å². The molecule has 0 spiro atoms. The fourth-order valence-electron chi connectivity index (χ4n) is 2.54. The van der Waals surface area contributed by atoms with Gasteiger partial charge in [0.05, 0.1) is 10.0 Å². The van der Waals surface area contributed by atoms with Crippen LogP contribution >= 0.6 is 23.2 Å². The molecule has 1 aromatic rings. The number of nitrogens with two attached hydrogens (primary N) is 1. The van der Waals surface area contributed by atoms with Crippen molar-refractivity contribution in [1.82, 2.24) is 0 Å². The van der Waals surface area contributed by atoms with E-state index in [1.165, 1.54) is 12.0 Å². The molecule has 3 unspecified atom stereocenters. The van der Waals surface area contributed by atoms with Gasteiger partial charge in [-0.2, -0.15) is 0 Å². The molecule has 2 N–H and O–H groups in total. The molecule has 1 aromatic carbocycles. The number of hydrogen-bond donors (Lipinski definition) is 1. The van der Waals surface area contributed by atoms with E-state index in [2.05, 4.69) is 13.0 Å². The second-order valence-corrected chi connectivity index (χ2v) is 5.63. The summed E-state index contributed by atoms with van der Waals surface area (Å²) in [7, 11) is 0. The highest BCUT2D eigenvalue weighted by Gasteiger charge is 2.30. The fraction of sp³-hybridized carbons (Fsp3) is 0.538. The molecule has 16 heavy (non-hydrogen) atoms. The van der Waals surface area contributed by atoms with Crippen molar-refractivity contribution in [3.05, 3.63) is 33.8 Å². The average Bonchev–Trinajstić information content (AvgIpc) is 2.55. The lowest BCUT2D eigenvalue weighted by atomic mass is 9.90. The van der Waals surface area contributed by atoms with Crippen LogP contribution in [0.3, 0.4) is 0 Å². The molecule has 1 fully saturated rings. The van der Waals surface area contributed by atoms with E-state index in [4.69, 9.17) is 28.9 Å². The molecule has 1 saturated carbocycles. The van der Waals surface area contributed by atoms with E-state index >= 15 is 0 Å². The Morgan fingerprint density at radius 3 is 2.56 bits per heavy atom. The third-order valence-corrected chi connectivity index (χ3v) is 4.51. The average molecular weight is 258 g/mol. The quantitative estimate of drug-likeness (QED) is 0.855. The second-order valence-electron chi connectivity index (χ2n) is 4.81. The molecule has 0 amide bonds. The molecule has 2 rings (SSSR count). The van der Waals surface area contributed by atoms with Gasteiger partial charge >= 0.3 is 0 Å². The van der Waals surface area contributed by atoms with Crippen LogP contribution in [0.15, 0.2) is 18.2 Å². The molecule has 3 atom stereocenters. The van der Waals surface area contributed by atoms with Crippen molar-refractivity contribution in [3.8, 4) is 0 Å². The monoisotopic (exact) mass is 257 g/mol. The second kappa shape index (κ2) is 4.95. The first-order chi connectivity index (χ1) is 7.58. The summed E-state index contributed by atoms with van der Waals surface area (Å²) >= 11 is 11.9. The van der Waals surface area contributed by atoms with Crippen LogP contribution in [0.2, 0.25) is 10.0 Å². The maximum Gasteiger partial charge on any atom is 0.0595 e. The molecular formula is C13H17Cl2N. The van der Waals surface area contributed by atoms with Crippen LogP contribution in [0.25, 0.3) is 0 Å². The van der Waals surface area contributed by atoms with Crippen LogP contribution in [-0.2, 0) is 6.42 Å². The standard InChI is InChI=1S/C13H17Cl2N/c1-8-10(3-5-13(8)16)6-9-2-4-11(14)12(15)7-9/h2,4,7-8,10,13H,3,5-6,16H2,1H3. The van der Waals surface area contributed by atoms with Gasteiger partial charge in [-0.25, -0.2) is 0 Å². The highest BCUT2D eigenvalue weighted by molar-refractivity contribution is 6.42. The van der Waals surface area contributed by atoms with Gasteiger partial charge in [0.25, 0.3) is 0 Å². The molecule has 1 nitrogen and oxygen atoms in total. The SMILES string of the molecule is CC1C(N)CCC1Cc1ccc(Cl)c(Cl)c1. The van der Waals surface area contributed by atoms with Crippen LogP contribution in [0.5, 0.6) is 0 Å². The minimum atomic E-state index is 0.368. The maximum atomic E-state index is 6.03. The molecule has 0 saturated heterocycles. The lowest BCUT2D eigenvalue weighted by Crippen LogP contribution is -2.25. The summed E-state index contributed by atoms with van der Waals surface area (Å²) in [6.45, 7) is 2.25. The van der Waals surface area contributed by atoms with Crippen molar-refractivity contribution in [1.29, 1.82) is 0 Å². The third-order valence-electron chi connectivity index (χ3n) is 3.77. The van der Waals surface area contributed by atoms with Gasteiger partial charge in [-0.1, -0.05) is 36.2 Å². The van der Waals surface area contributed by atoms with E-state index in [-0.39, 0.29) is 0 Å². The van der Waals surface area contributed by atoms with Gasteiger partial charge in [-0.15, -0.1) is 0 Å². The molecule has 0 aliphatic heterocycles. The lowest BCUT2D eigenvalue weighted by molar-refractivity contribution is 0.390. The summed E-state index contributed by atoms with van der Waals surface area (Å²) in [5.74, 6) is 1.29. The number of hydrogen-bond acceptors (Lipinski definition) is 1. The molecule has 88 valence electrons. The van der Waals surface area contributed by atoms with Crippen LogP contribution in [0.4, 0.5) is 0 Å². The maximum absolute atomic E-state index is 6.03. The molecule has 0 bridgehead atoms. The van der Waals surface area contributed by atoms with Crippen molar-refractivity contribution >= 4 is 23.2 Å². The molecule has 0 aromatic heterocycles. The van der Waals surface area contributed by atoms with Crippen LogP contribution in [0, 0.1) is 11.8 Å². The van der Waals surface area contributed by atoms with E-state index in [1.807, 2.05) is 12.1 Å². The fourth-order valence-corrected chi connectivity index (χ4v) is 2.86. The highest BCUT2D eigenvalue weighted by Crippen LogP contribution is 2.34. The van der Waals surface area contributed by atoms with Gasteiger partial charge in [0.1, 0.15) is 0 Å². The van der Waals surface area contributed by atoms with Crippen LogP contribution in [-0.4, -0.2) is 6.04 Å². The van der Waals surface area contributed by atoms with Crippen LogP contribution in [0.1, 0.15) is 25.3 Å². The summed E-state index contributed by atoms with van der Waals surface area (Å²) in [6.07, 6.45) is 3.43. The van der Waals surface area contributed by atoms with Crippen molar-refractivity contribution in [3.63, 3.8) is 0 Å². The topological polar surface area (TPSA) is 26.0 Å². The summed E-state index contributed by atoms with van der Waals surface area (Å²) < 4.78 is 0. The predicted octanol–water partition coefficient (Wildman–Crippen LogP) is 3.91. The molecule has 1 aliphatic carbocycles. The zero-order chi connectivity index (χ0) is 11.7. The summed E-state index contributed by atoms with van der Waals surface area (Å²) in [5, 5.41) is 1.27. The van der Waals surface area contributed by atoms with Gasteiger partial charge in [-0.3, -0.25) is 0 Å². The Labute approximate surface area is 107 Å². The minimum Gasteiger partial charge on any atom is -0.327 e. The first-order valence-corrected chi connectivity index (χ1v) is 6.53. The Morgan fingerprint density at radius 1 is 1.25 bits per heavy atom. The molecule has 3 heteroatoms. The zero-order valence-electron chi connectivity index (χ0n) is 9.42. The van der Waals surface area contributed by atoms with Crippen LogP contribution < -0.4 is 5.73 Å². The predicted molar refractivity (Wildman–Crippen MR) is 70.0 cm³/mol. The Morgan fingerprint density at radius 2 is 2.00 bits per heavy atom. The van der Waals surface area contributed by atoms with Gasteiger partial charge in [-0.05, 0) is 48.8 Å². The van der Waals surface area contributed by atoms with E-state index < -0.39 is 0 Å². The van der Waals surface area contributed by atoms with Gasteiger partial charge in [0.2, 0.25) is 0 Å². The molecular weight excluding hydrogens is 241 g/mol. The molecule has 1 aliphatic rings. The first-order valence-electron chi connectivity index (χ1n) is 5.77. The van der Waals surface area contributed by atoms with E-state index in [9.17, 15) is 0 Å². The van der Waals surface area contributed by atoms with Crippen molar-refractivity contribution in [2.75, 3.05) is 0 Å². The Hall–Kier alpha value is -0.240. The largest absolute Gasteiger partial charge is 0.327 e. The first kappa shape index (κ1) is 12.2. The number of rotatable bonds is 2. The normalized spacial score (nSPS) is 29.6. The Bertz CT molecular complexity index is 378. The number of benzene rings is 1. The lowest BCUT2D eigenvalue weighted by Gasteiger charge is -2.18. The molecule has 0 radical (unpaired) electrons. The smallest absolute Gasteiger partial charge is 0.0595 e. The van der Waals surface area contributed by atoms with Crippen molar-refractivity contribution in [2.45, 2.75) is 32.2 Å². The third kappa shape index (κ3) is 2.53. The van der Waals surface area contributed by atoms with Crippen molar-refractivity contribution < 1.29 is 0 Å². The minimum absolute atomic E-state index is 0.368. The summed E-state index contributed by atoms with van der Waals surface area (Å²) in [5.41, 5.74) is 7.29. The molecule has 0 heterocycles. The van der Waals surface area contributed by atoms with Gasteiger partial charge in [0, 0.05) is 6.04 Å².